The molecule has 0 aliphatic carbocycles. The summed E-state index contributed by atoms with van der Waals surface area (Å²) in [6.45, 7) is 0.506. The van der Waals surface area contributed by atoms with Gasteiger partial charge in [-0.05, 0) is 31.3 Å². The van der Waals surface area contributed by atoms with Gasteiger partial charge in [0, 0.05) is 40.9 Å². The van der Waals surface area contributed by atoms with E-state index in [1.807, 2.05) is 6.08 Å². The van der Waals surface area contributed by atoms with Gasteiger partial charge in [0.15, 0.2) is 6.29 Å². The summed E-state index contributed by atoms with van der Waals surface area (Å²) in [5.74, 6) is -0.406. The first-order valence-electron chi connectivity index (χ1n) is 7.69. The highest BCUT2D eigenvalue weighted by atomic mass is 35.5. The molecular formula is C18H16ClFN4O. The van der Waals surface area contributed by atoms with E-state index in [0.29, 0.717) is 46.2 Å². The van der Waals surface area contributed by atoms with Crippen molar-refractivity contribution in [1.82, 2.24) is 15.7 Å². The van der Waals surface area contributed by atoms with Crippen molar-refractivity contribution in [3.05, 3.63) is 69.8 Å². The minimum Gasteiger partial charge on any atom is -0.316 e. The van der Waals surface area contributed by atoms with Gasteiger partial charge in [-0.2, -0.15) is 5.10 Å². The van der Waals surface area contributed by atoms with Crippen molar-refractivity contribution in [1.29, 1.82) is 0 Å². The fourth-order valence-electron chi connectivity index (χ4n) is 2.69. The minimum atomic E-state index is -0.406. The summed E-state index contributed by atoms with van der Waals surface area (Å²) in [7, 11) is 1.80. The molecule has 1 aliphatic heterocycles. The molecule has 5 nitrogen and oxygen atoms in total. The lowest BCUT2D eigenvalue weighted by Gasteiger charge is -2.17. The van der Waals surface area contributed by atoms with Crippen LogP contribution in [0.3, 0.4) is 0 Å². The Labute approximate surface area is 149 Å². The summed E-state index contributed by atoms with van der Waals surface area (Å²) >= 11 is 5.90. The van der Waals surface area contributed by atoms with Gasteiger partial charge in [0.25, 0.3) is 0 Å². The number of rotatable bonds is 5. The number of pyridine rings is 1. The number of carbonyl (C=O) groups excluding carboxylic acids is 1. The van der Waals surface area contributed by atoms with E-state index < -0.39 is 5.82 Å². The number of halogens is 2. The number of nitrogens with one attached hydrogen (secondary N) is 2. The molecule has 0 saturated heterocycles. The molecule has 2 aromatic rings. The SMILES string of the molecule is CNCc1c(C=O)ccnc1C1=NNC(c2cc(F)cc(Cl)c2)=CC1. The lowest BCUT2D eigenvalue weighted by atomic mass is 10.0. The normalized spacial score (nSPS) is 13.7. The first-order valence-corrected chi connectivity index (χ1v) is 8.07. The number of aromatic nitrogens is 1. The lowest BCUT2D eigenvalue weighted by Crippen LogP contribution is -2.20. The van der Waals surface area contributed by atoms with Crippen molar-refractivity contribution in [2.75, 3.05) is 7.05 Å². The van der Waals surface area contributed by atoms with E-state index in [-0.39, 0.29) is 0 Å². The highest BCUT2D eigenvalue weighted by Gasteiger charge is 2.17. The Morgan fingerprint density at radius 2 is 2.24 bits per heavy atom. The molecule has 0 fully saturated rings. The second-order valence-electron chi connectivity index (χ2n) is 5.53. The zero-order valence-electron chi connectivity index (χ0n) is 13.5. The molecular weight excluding hydrogens is 343 g/mol. The molecule has 0 amide bonds. The molecule has 0 bridgehead atoms. The van der Waals surface area contributed by atoms with Crippen LogP contribution < -0.4 is 10.7 Å². The maximum absolute atomic E-state index is 13.5. The number of hydrogen-bond acceptors (Lipinski definition) is 5. The van der Waals surface area contributed by atoms with Crippen LogP contribution in [0.5, 0.6) is 0 Å². The molecule has 1 aromatic carbocycles. The van der Waals surface area contributed by atoms with Crippen LogP contribution in [0.25, 0.3) is 5.70 Å². The first kappa shape index (κ1) is 17.3. The van der Waals surface area contributed by atoms with E-state index in [9.17, 15) is 9.18 Å². The van der Waals surface area contributed by atoms with Crippen molar-refractivity contribution in [3.8, 4) is 0 Å². The van der Waals surface area contributed by atoms with E-state index in [1.165, 1.54) is 12.1 Å². The van der Waals surface area contributed by atoms with Gasteiger partial charge in [0.2, 0.25) is 0 Å². The summed E-state index contributed by atoms with van der Waals surface area (Å²) in [5.41, 5.74) is 6.97. The van der Waals surface area contributed by atoms with Gasteiger partial charge in [-0.15, -0.1) is 0 Å². The number of hydrazone groups is 1. The van der Waals surface area contributed by atoms with Crippen molar-refractivity contribution in [2.24, 2.45) is 5.10 Å². The summed E-state index contributed by atoms with van der Waals surface area (Å²) in [6, 6.07) is 5.99. The second kappa shape index (κ2) is 7.55. The van der Waals surface area contributed by atoms with E-state index in [4.69, 9.17) is 11.6 Å². The Morgan fingerprint density at radius 3 is 2.88 bits per heavy atom. The molecule has 2 heterocycles. The molecule has 1 aromatic heterocycles. The Kier molecular flexibility index (Phi) is 5.21. The smallest absolute Gasteiger partial charge is 0.150 e. The van der Waals surface area contributed by atoms with E-state index in [1.54, 1.807) is 25.4 Å². The van der Waals surface area contributed by atoms with Gasteiger partial charge in [-0.1, -0.05) is 17.7 Å². The lowest BCUT2D eigenvalue weighted by molar-refractivity contribution is 0.112. The molecule has 128 valence electrons. The molecule has 25 heavy (non-hydrogen) atoms. The van der Waals surface area contributed by atoms with Crippen LogP contribution in [0.2, 0.25) is 5.02 Å². The monoisotopic (exact) mass is 358 g/mol. The maximum Gasteiger partial charge on any atom is 0.150 e. The summed E-state index contributed by atoms with van der Waals surface area (Å²) < 4.78 is 13.5. The van der Waals surface area contributed by atoms with Crippen molar-refractivity contribution >= 4 is 29.3 Å². The standard InChI is InChI=1S/C18H16ClFN4O/c1-21-9-15-11(10-25)4-5-22-18(15)17-3-2-16(23-24-17)12-6-13(19)8-14(20)7-12/h2,4-8,10,21,23H,3,9H2,1H3. The summed E-state index contributed by atoms with van der Waals surface area (Å²) in [4.78, 5) is 15.6. The number of allylic oxidation sites excluding steroid dienone is 1. The Balaban J connectivity index is 1.89. The molecule has 7 heteroatoms. The van der Waals surface area contributed by atoms with E-state index in [0.717, 1.165) is 11.8 Å². The van der Waals surface area contributed by atoms with Crippen molar-refractivity contribution in [3.63, 3.8) is 0 Å². The van der Waals surface area contributed by atoms with Gasteiger partial charge >= 0.3 is 0 Å². The van der Waals surface area contributed by atoms with Gasteiger partial charge in [-0.3, -0.25) is 15.2 Å². The minimum absolute atomic E-state index is 0.323. The quantitative estimate of drug-likeness (QED) is 0.806. The Bertz CT molecular complexity index is 859. The third kappa shape index (κ3) is 3.75. The third-order valence-corrected chi connectivity index (χ3v) is 4.05. The van der Waals surface area contributed by atoms with Crippen molar-refractivity contribution in [2.45, 2.75) is 13.0 Å². The zero-order chi connectivity index (χ0) is 17.8. The zero-order valence-corrected chi connectivity index (χ0v) is 14.3. The molecule has 0 spiro atoms. The van der Waals surface area contributed by atoms with Gasteiger partial charge in [0.1, 0.15) is 5.82 Å². The summed E-state index contributed by atoms with van der Waals surface area (Å²) in [5, 5.41) is 7.72. The maximum atomic E-state index is 13.5. The van der Waals surface area contributed by atoms with Gasteiger partial charge in [-0.25, -0.2) is 4.39 Å². The van der Waals surface area contributed by atoms with Crippen LogP contribution in [0.15, 0.2) is 41.6 Å². The molecule has 1 aliphatic rings. The number of hydrogen-bond donors (Lipinski definition) is 2. The van der Waals surface area contributed by atoms with Crippen LogP contribution in [-0.4, -0.2) is 24.0 Å². The number of nitrogens with zero attached hydrogens (tertiary/aromatic N) is 2. The predicted octanol–water partition coefficient (Wildman–Crippen LogP) is 3.14. The highest BCUT2D eigenvalue weighted by molar-refractivity contribution is 6.30. The van der Waals surface area contributed by atoms with Crippen LogP contribution in [0.1, 0.15) is 33.6 Å². The average Bonchev–Trinajstić information content (AvgIpc) is 2.61. The number of benzene rings is 1. The van der Waals surface area contributed by atoms with Crippen LogP contribution in [0.4, 0.5) is 4.39 Å². The Hall–Kier alpha value is -2.57. The fourth-order valence-corrected chi connectivity index (χ4v) is 2.91. The van der Waals surface area contributed by atoms with Crippen molar-refractivity contribution < 1.29 is 9.18 Å². The third-order valence-electron chi connectivity index (χ3n) is 3.83. The van der Waals surface area contributed by atoms with E-state index in [2.05, 4.69) is 20.8 Å². The van der Waals surface area contributed by atoms with Gasteiger partial charge in [0.05, 0.1) is 17.1 Å². The molecule has 3 rings (SSSR count). The van der Waals surface area contributed by atoms with Crippen LogP contribution in [-0.2, 0) is 6.54 Å². The largest absolute Gasteiger partial charge is 0.316 e. The molecule has 2 N–H and O–H groups in total. The number of carbonyl (C=O) groups is 1. The van der Waals surface area contributed by atoms with Gasteiger partial charge < -0.3 is 5.32 Å². The average molecular weight is 359 g/mol. The highest BCUT2D eigenvalue weighted by Crippen LogP contribution is 2.23. The van der Waals surface area contributed by atoms with Crippen LogP contribution in [0, 0.1) is 5.82 Å². The first-order chi connectivity index (χ1) is 12.1. The van der Waals surface area contributed by atoms with Crippen LogP contribution >= 0.6 is 11.6 Å². The predicted molar refractivity (Wildman–Crippen MR) is 96.1 cm³/mol. The number of aldehydes is 1. The molecule has 0 atom stereocenters. The second-order valence-corrected chi connectivity index (χ2v) is 5.96. The molecule has 0 saturated carbocycles. The summed E-state index contributed by atoms with van der Waals surface area (Å²) in [6.07, 6.45) is 4.80. The Morgan fingerprint density at radius 1 is 1.40 bits per heavy atom. The fraction of sp³-hybridized carbons (Fsp3) is 0.167. The topological polar surface area (TPSA) is 66.4 Å². The molecule has 0 unspecified atom stereocenters. The van der Waals surface area contributed by atoms with E-state index >= 15 is 0 Å². The molecule has 0 radical (unpaired) electrons.